The van der Waals surface area contributed by atoms with Crippen LogP contribution in [0.15, 0.2) is 24.3 Å². The molecule has 114 valence electrons. The fraction of sp³-hybridized carbons (Fsp3) is 0.588. The molecule has 2 aliphatic carbocycles. The number of rotatable bonds is 6. The van der Waals surface area contributed by atoms with E-state index in [2.05, 4.69) is 10.6 Å². The van der Waals surface area contributed by atoms with Gasteiger partial charge in [-0.05, 0) is 29.4 Å². The van der Waals surface area contributed by atoms with Crippen LogP contribution in [0.1, 0.15) is 36.8 Å². The molecule has 2 amide bonds. The fourth-order valence-corrected chi connectivity index (χ4v) is 3.19. The summed E-state index contributed by atoms with van der Waals surface area (Å²) < 4.78 is 5.18. The molecular weight excluding hydrogens is 264 g/mol. The van der Waals surface area contributed by atoms with Crippen molar-refractivity contribution in [2.75, 3.05) is 7.11 Å². The third-order valence-electron chi connectivity index (χ3n) is 4.77. The molecule has 21 heavy (non-hydrogen) atoms. The summed E-state index contributed by atoms with van der Waals surface area (Å²) in [4.78, 5) is 12.0. The summed E-state index contributed by atoms with van der Waals surface area (Å²) >= 11 is 0. The van der Waals surface area contributed by atoms with Crippen LogP contribution in [0, 0.1) is 11.8 Å². The molecule has 1 aromatic rings. The second kappa shape index (κ2) is 6.48. The molecule has 2 atom stereocenters. The lowest BCUT2D eigenvalue weighted by molar-refractivity contribution is 0.184. The van der Waals surface area contributed by atoms with E-state index in [4.69, 9.17) is 4.74 Å². The summed E-state index contributed by atoms with van der Waals surface area (Å²) in [5.41, 5.74) is 2.24. The molecule has 3 rings (SSSR count). The highest BCUT2D eigenvalue weighted by molar-refractivity contribution is 5.74. The molecule has 4 heteroatoms. The number of urea groups is 1. The van der Waals surface area contributed by atoms with E-state index in [0.29, 0.717) is 19.2 Å². The Morgan fingerprint density at radius 3 is 2.71 bits per heavy atom. The number of methoxy groups -OCH3 is 1. The van der Waals surface area contributed by atoms with E-state index in [-0.39, 0.29) is 6.03 Å². The number of carbonyl (C=O) groups is 1. The van der Waals surface area contributed by atoms with Gasteiger partial charge in [0, 0.05) is 19.7 Å². The Labute approximate surface area is 126 Å². The lowest BCUT2D eigenvalue weighted by Crippen LogP contribution is -2.38. The topological polar surface area (TPSA) is 50.4 Å². The highest BCUT2D eigenvalue weighted by atomic mass is 16.5. The van der Waals surface area contributed by atoms with Gasteiger partial charge in [0.2, 0.25) is 0 Å². The first-order valence-electron chi connectivity index (χ1n) is 7.88. The average molecular weight is 288 g/mol. The van der Waals surface area contributed by atoms with Gasteiger partial charge in [-0.2, -0.15) is 0 Å². The monoisotopic (exact) mass is 288 g/mol. The Balaban J connectivity index is 1.43. The van der Waals surface area contributed by atoms with E-state index < -0.39 is 0 Å². The van der Waals surface area contributed by atoms with Gasteiger partial charge in [-0.15, -0.1) is 0 Å². The summed E-state index contributed by atoms with van der Waals surface area (Å²) in [5, 5.41) is 6.05. The van der Waals surface area contributed by atoms with E-state index in [1.165, 1.54) is 25.7 Å². The predicted octanol–water partition coefficient (Wildman–Crippen LogP) is 2.82. The lowest BCUT2D eigenvalue weighted by Gasteiger charge is -2.25. The second-order valence-electron chi connectivity index (χ2n) is 6.23. The van der Waals surface area contributed by atoms with Crippen molar-refractivity contribution in [1.82, 2.24) is 10.6 Å². The van der Waals surface area contributed by atoms with Crippen LogP contribution >= 0.6 is 0 Å². The fourth-order valence-electron chi connectivity index (χ4n) is 3.19. The van der Waals surface area contributed by atoms with E-state index in [9.17, 15) is 4.79 Å². The standard InChI is InChI=1S/C17H24N2O2/c1-21-11-14-6-3-2-5-13(14)10-18-17(20)19-16-9-15(16)12-7-4-8-12/h2-3,5-6,12,15-16H,4,7-11H2,1H3,(H2,18,19,20)/t15-,16+/m0/s1. The molecular formula is C17H24N2O2. The Hall–Kier alpha value is -1.55. The molecule has 0 saturated heterocycles. The molecule has 0 radical (unpaired) electrons. The summed E-state index contributed by atoms with van der Waals surface area (Å²) in [7, 11) is 1.69. The first kappa shape index (κ1) is 14.4. The van der Waals surface area contributed by atoms with Crippen LogP contribution in [0.25, 0.3) is 0 Å². The van der Waals surface area contributed by atoms with Crippen molar-refractivity contribution in [2.24, 2.45) is 11.8 Å². The smallest absolute Gasteiger partial charge is 0.315 e. The van der Waals surface area contributed by atoms with E-state index in [1.54, 1.807) is 7.11 Å². The molecule has 0 spiro atoms. The Bertz CT molecular complexity index is 499. The van der Waals surface area contributed by atoms with Crippen LogP contribution in [0.3, 0.4) is 0 Å². The van der Waals surface area contributed by atoms with Crippen LogP contribution in [0.2, 0.25) is 0 Å². The minimum absolute atomic E-state index is 0.0472. The van der Waals surface area contributed by atoms with Crippen molar-refractivity contribution >= 4 is 6.03 Å². The SMILES string of the molecule is COCc1ccccc1CNC(=O)N[C@@H]1C[C@H]1C1CCC1. The summed E-state index contributed by atoms with van der Waals surface area (Å²) in [6, 6.07) is 8.40. The van der Waals surface area contributed by atoms with Crippen LogP contribution in [0.4, 0.5) is 4.79 Å². The normalized spacial score (nSPS) is 24.2. The Morgan fingerprint density at radius 1 is 1.29 bits per heavy atom. The van der Waals surface area contributed by atoms with Crippen LogP contribution < -0.4 is 10.6 Å². The molecule has 2 fully saturated rings. The van der Waals surface area contributed by atoms with E-state index in [1.807, 2.05) is 24.3 Å². The average Bonchev–Trinajstić information content (AvgIpc) is 3.15. The zero-order valence-corrected chi connectivity index (χ0v) is 12.6. The number of hydrogen-bond acceptors (Lipinski definition) is 2. The van der Waals surface area contributed by atoms with Crippen LogP contribution in [0.5, 0.6) is 0 Å². The van der Waals surface area contributed by atoms with E-state index in [0.717, 1.165) is 23.0 Å². The third kappa shape index (κ3) is 3.56. The largest absolute Gasteiger partial charge is 0.380 e. The zero-order valence-electron chi connectivity index (χ0n) is 12.6. The second-order valence-corrected chi connectivity index (χ2v) is 6.23. The Morgan fingerprint density at radius 2 is 2.05 bits per heavy atom. The van der Waals surface area contributed by atoms with Crippen molar-refractivity contribution < 1.29 is 9.53 Å². The van der Waals surface area contributed by atoms with Gasteiger partial charge in [-0.1, -0.05) is 43.5 Å². The Kier molecular flexibility index (Phi) is 4.44. The summed E-state index contributed by atoms with van der Waals surface area (Å²) in [6.07, 6.45) is 5.25. The van der Waals surface area contributed by atoms with Crippen molar-refractivity contribution in [1.29, 1.82) is 0 Å². The van der Waals surface area contributed by atoms with Gasteiger partial charge in [0.1, 0.15) is 0 Å². The van der Waals surface area contributed by atoms with Gasteiger partial charge in [-0.3, -0.25) is 0 Å². The van der Waals surface area contributed by atoms with Gasteiger partial charge < -0.3 is 15.4 Å². The van der Waals surface area contributed by atoms with Crippen molar-refractivity contribution in [3.05, 3.63) is 35.4 Å². The first-order valence-corrected chi connectivity index (χ1v) is 7.88. The number of carbonyl (C=O) groups excluding carboxylic acids is 1. The lowest BCUT2D eigenvalue weighted by atomic mass is 9.81. The molecule has 2 N–H and O–H groups in total. The molecule has 0 aromatic heterocycles. The van der Waals surface area contributed by atoms with Gasteiger partial charge in [0.25, 0.3) is 0 Å². The maximum Gasteiger partial charge on any atom is 0.315 e. The minimum Gasteiger partial charge on any atom is -0.380 e. The highest BCUT2D eigenvalue weighted by Gasteiger charge is 2.45. The minimum atomic E-state index is -0.0472. The number of hydrogen-bond donors (Lipinski definition) is 2. The molecule has 4 nitrogen and oxygen atoms in total. The maximum atomic E-state index is 12.0. The molecule has 1 aromatic carbocycles. The summed E-state index contributed by atoms with van der Waals surface area (Å²) in [6.45, 7) is 1.12. The predicted molar refractivity (Wildman–Crippen MR) is 81.8 cm³/mol. The van der Waals surface area contributed by atoms with Gasteiger partial charge in [-0.25, -0.2) is 4.79 Å². The molecule has 0 unspecified atom stereocenters. The molecule has 2 saturated carbocycles. The quantitative estimate of drug-likeness (QED) is 0.845. The third-order valence-corrected chi connectivity index (χ3v) is 4.77. The highest BCUT2D eigenvalue weighted by Crippen LogP contribution is 2.46. The van der Waals surface area contributed by atoms with Crippen molar-refractivity contribution in [2.45, 2.75) is 44.9 Å². The zero-order chi connectivity index (χ0) is 14.7. The van der Waals surface area contributed by atoms with Gasteiger partial charge >= 0.3 is 6.03 Å². The van der Waals surface area contributed by atoms with Gasteiger partial charge in [0.05, 0.1) is 6.61 Å². The number of nitrogens with one attached hydrogen (secondary N) is 2. The van der Waals surface area contributed by atoms with Crippen molar-refractivity contribution in [3.63, 3.8) is 0 Å². The summed E-state index contributed by atoms with van der Waals surface area (Å²) in [5.74, 6) is 1.61. The number of benzene rings is 1. The number of amides is 2. The maximum absolute atomic E-state index is 12.0. The molecule has 0 bridgehead atoms. The van der Waals surface area contributed by atoms with Crippen LogP contribution in [-0.2, 0) is 17.9 Å². The van der Waals surface area contributed by atoms with E-state index >= 15 is 0 Å². The molecule has 0 aliphatic heterocycles. The number of ether oxygens (including phenoxy) is 1. The first-order chi connectivity index (χ1) is 10.3. The molecule has 2 aliphatic rings. The molecule has 0 heterocycles. The van der Waals surface area contributed by atoms with Gasteiger partial charge in [0.15, 0.2) is 0 Å². The van der Waals surface area contributed by atoms with Crippen molar-refractivity contribution in [3.8, 4) is 0 Å². The van der Waals surface area contributed by atoms with Crippen LogP contribution in [-0.4, -0.2) is 19.2 Å².